The van der Waals surface area contributed by atoms with Crippen LogP contribution in [0.1, 0.15) is 49.3 Å². The first-order chi connectivity index (χ1) is 19.8. The van der Waals surface area contributed by atoms with E-state index in [0.29, 0.717) is 25.1 Å². The topological polar surface area (TPSA) is 105 Å². The highest BCUT2D eigenvalue weighted by molar-refractivity contribution is 7.89. The number of aryl methyl sites for hydroxylation is 1. The van der Waals surface area contributed by atoms with E-state index in [1.807, 2.05) is 61.5 Å². The molecule has 9 heteroatoms. The van der Waals surface area contributed by atoms with Crippen molar-refractivity contribution in [2.75, 3.05) is 13.7 Å². The van der Waals surface area contributed by atoms with Crippen molar-refractivity contribution in [2.24, 2.45) is 0 Å². The number of benzene rings is 3. The Morgan fingerprint density at radius 1 is 0.927 bits per heavy atom. The minimum atomic E-state index is -3.54. The number of sulfonamides is 1. The molecule has 41 heavy (non-hydrogen) atoms. The molecule has 0 heterocycles. The lowest BCUT2D eigenvalue weighted by atomic mass is 10.0. The normalized spacial score (nSPS) is 13.8. The van der Waals surface area contributed by atoms with Crippen LogP contribution in [-0.2, 0) is 39.0 Å². The maximum Gasteiger partial charge on any atom is 0.243 e. The van der Waals surface area contributed by atoms with Gasteiger partial charge in [0.15, 0.2) is 0 Å². The zero-order chi connectivity index (χ0) is 29.2. The van der Waals surface area contributed by atoms with E-state index in [1.165, 1.54) is 0 Å². The average Bonchev–Trinajstić information content (AvgIpc) is 3.80. The van der Waals surface area contributed by atoms with Crippen LogP contribution < -0.4 is 14.8 Å². The van der Waals surface area contributed by atoms with Gasteiger partial charge in [0.2, 0.25) is 21.8 Å². The minimum absolute atomic E-state index is 0.0346. The molecule has 218 valence electrons. The van der Waals surface area contributed by atoms with Gasteiger partial charge in [-0.05, 0) is 66.6 Å². The second-order valence-corrected chi connectivity index (χ2v) is 12.1. The predicted octanol–water partition coefficient (Wildman–Crippen LogP) is 4.23. The quantitative estimate of drug-likeness (QED) is 0.281. The van der Waals surface area contributed by atoms with Gasteiger partial charge in [-0.25, -0.2) is 13.1 Å². The molecule has 1 atom stereocenters. The van der Waals surface area contributed by atoms with E-state index in [4.69, 9.17) is 4.74 Å². The highest BCUT2D eigenvalue weighted by Crippen LogP contribution is 2.23. The number of methoxy groups -OCH3 is 1. The van der Waals surface area contributed by atoms with Gasteiger partial charge in [-0.1, -0.05) is 61.5 Å². The molecule has 8 nitrogen and oxygen atoms in total. The summed E-state index contributed by atoms with van der Waals surface area (Å²) in [4.78, 5) is 29.1. The standard InChI is InChI=1S/C32H39N3O5S/c1-3-21-33-32(37)30(22-25-7-5-4-6-8-25)35(23-26-9-16-28(40-2)17-10-26)31(36)20-13-24-11-18-29(19-12-24)41(38,39)34-27-14-15-27/h4-12,16-19,27,30,34H,3,13-15,20-23H2,1-2H3,(H,33,37)/t30-/m1/s1. The summed E-state index contributed by atoms with van der Waals surface area (Å²) in [6.07, 6.45) is 3.51. The van der Waals surface area contributed by atoms with Crippen LogP contribution in [0.3, 0.4) is 0 Å². The fraction of sp³-hybridized carbons (Fsp3) is 0.375. The Morgan fingerprint density at radius 2 is 1.59 bits per heavy atom. The summed E-state index contributed by atoms with van der Waals surface area (Å²) >= 11 is 0. The molecule has 3 aromatic rings. The van der Waals surface area contributed by atoms with Crippen LogP contribution in [-0.4, -0.2) is 50.9 Å². The van der Waals surface area contributed by atoms with Gasteiger partial charge in [-0.3, -0.25) is 9.59 Å². The van der Waals surface area contributed by atoms with Gasteiger partial charge in [0.05, 0.1) is 12.0 Å². The summed E-state index contributed by atoms with van der Waals surface area (Å²) in [5.74, 6) is 0.377. The van der Waals surface area contributed by atoms with E-state index in [2.05, 4.69) is 10.0 Å². The maximum atomic E-state index is 13.8. The average molecular weight is 578 g/mol. The van der Waals surface area contributed by atoms with Crippen LogP contribution in [0.5, 0.6) is 5.75 Å². The molecule has 0 aliphatic heterocycles. The zero-order valence-corrected chi connectivity index (χ0v) is 24.5. The number of ether oxygens (including phenoxy) is 1. The number of carbonyl (C=O) groups is 2. The van der Waals surface area contributed by atoms with E-state index in [0.717, 1.165) is 36.0 Å². The van der Waals surface area contributed by atoms with Crippen LogP contribution in [0, 0.1) is 0 Å². The number of amides is 2. The summed E-state index contributed by atoms with van der Waals surface area (Å²) in [5.41, 5.74) is 2.70. The van der Waals surface area contributed by atoms with Gasteiger partial charge in [0.25, 0.3) is 0 Å². The third kappa shape index (κ3) is 8.90. The van der Waals surface area contributed by atoms with Crippen LogP contribution in [0.4, 0.5) is 0 Å². The van der Waals surface area contributed by atoms with E-state index < -0.39 is 16.1 Å². The van der Waals surface area contributed by atoms with Crippen molar-refractivity contribution in [2.45, 2.75) is 69.0 Å². The molecule has 0 spiro atoms. The number of rotatable bonds is 15. The minimum Gasteiger partial charge on any atom is -0.497 e. The fourth-order valence-corrected chi connectivity index (χ4v) is 5.87. The Balaban J connectivity index is 1.54. The number of nitrogens with zero attached hydrogens (tertiary/aromatic N) is 1. The number of hydrogen-bond acceptors (Lipinski definition) is 5. The second-order valence-electron chi connectivity index (χ2n) is 10.4. The lowest BCUT2D eigenvalue weighted by molar-refractivity contribution is -0.141. The second kappa shape index (κ2) is 14.3. The van der Waals surface area contributed by atoms with E-state index in [1.54, 1.807) is 36.3 Å². The summed E-state index contributed by atoms with van der Waals surface area (Å²) in [5, 5.41) is 2.99. The van der Waals surface area contributed by atoms with Crippen molar-refractivity contribution in [3.8, 4) is 5.75 Å². The number of hydrogen-bond donors (Lipinski definition) is 2. The van der Waals surface area contributed by atoms with Gasteiger partial charge in [0.1, 0.15) is 11.8 Å². The zero-order valence-electron chi connectivity index (χ0n) is 23.7. The molecule has 4 rings (SSSR count). The van der Waals surface area contributed by atoms with Crippen LogP contribution >= 0.6 is 0 Å². The molecule has 3 aromatic carbocycles. The predicted molar refractivity (Wildman–Crippen MR) is 159 cm³/mol. The third-order valence-corrected chi connectivity index (χ3v) is 8.63. The molecular formula is C32H39N3O5S. The molecule has 1 aliphatic rings. The van der Waals surface area contributed by atoms with Gasteiger partial charge in [0, 0.05) is 32.0 Å². The Morgan fingerprint density at radius 3 is 2.20 bits per heavy atom. The molecule has 0 radical (unpaired) electrons. The smallest absolute Gasteiger partial charge is 0.243 e. The Kier molecular flexibility index (Phi) is 10.5. The molecule has 1 aliphatic carbocycles. The van der Waals surface area contributed by atoms with Crippen LogP contribution in [0.2, 0.25) is 0 Å². The van der Waals surface area contributed by atoms with Crippen molar-refractivity contribution < 1.29 is 22.7 Å². The molecule has 2 amide bonds. The van der Waals surface area contributed by atoms with E-state index in [9.17, 15) is 18.0 Å². The first-order valence-electron chi connectivity index (χ1n) is 14.1. The Bertz CT molecular complexity index is 1390. The summed E-state index contributed by atoms with van der Waals surface area (Å²) in [7, 11) is -1.93. The lowest BCUT2D eigenvalue weighted by Crippen LogP contribution is -2.50. The molecule has 2 N–H and O–H groups in total. The van der Waals surface area contributed by atoms with Crippen LogP contribution in [0.25, 0.3) is 0 Å². The first kappa shape index (κ1) is 30.3. The molecule has 0 aromatic heterocycles. The Labute approximate surface area is 243 Å². The Hall–Kier alpha value is -3.69. The summed E-state index contributed by atoms with van der Waals surface area (Å²) in [6.45, 7) is 2.79. The monoisotopic (exact) mass is 577 g/mol. The molecule has 0 bridgehead atoms. The fourth-order valence-electron chi connectivity index (χ4n) is 4.57. The molecule has 0 unspecified atom stereocenters. The van der Waals surface area contributed by atoms with Crippen molar-refractivity contribution >= 4 is 21.8 Å². The van der Waals surface area contributed by atoms with Crippen molar-refractivity contribution in [3.05, 3.63) is 95.6 Å². The first-order valence-corrected chi connectivity index (χ1v) is 15.6. The SMILES string of the molecule is CCCNC(=O)[C@@H](Cc1ccccc1)N(Cc1ccc(OC)cc1)C(=O)CCc1ccc(S(=O)(=O)NC2CC2)cc1. The molecule has 1 saturated carbocycles. The van der Waals surface area contributed by atoms with E-state index in [-0.39, 0.29) is 35.7 Å². The van der Waals surface area contributed by atoms with Crippen molar-refractivity contribution in [1.29, 1.82) is 0 Å². The highest BCUT2D eigenvalue weighted by Gasteiger charge is 2.30. The number of nitrogens with one attached hydrogen (secondary N) is 2. The highest BCUT2D eigenvalue weighted by atomic mass is 32.2. The summed E-state index contributed by atoms with van der Waals surface area (Å²) < 4.78 is 33.0. The molecule has 0 saturated heterocycles. The van der Waals surface area contributed by atoms with E-state index >= 15 is 0 Å². The van der Waals surface area contributed by atoms with Crippen molar-refractivity contribution in [3.63, 3.8) is 0 Å². The maximum absolute atomic E-state index is 13.8. The summed E-state index contributed by atoms with van der Waals surface area (Å²) in [6, 6.07) is 23.2. The van der Waals surface area contributed by atoms with Crippen molar-refractivity contribution in [1.82, 2.24) is 14.9 Å². The third-order valence-electron chi connectivity index (χ3n) is 7.09. The van der Waals surface area contributed by atoms with Gasteiger partial charge in [-0.15, -0.1) is 0 Å². The van der Waals surface area contributed by atoms with Gasteiger partial charge < -0.3 is 15.0 Å². The number of carbonyl (C=O) groups excluding carboxylic acids is 2. The van der Waals surface area contributed by atoms with Gasteiger partial charge in [-0.2, -0.15) is 0 Å². The lowest BCUT2D eigenvalue weighted by Gasteiger charge is -2.31. The van der Waals surface area contributed by atoms with Gasteiger partial charge >= 0.3 is 0 Å². The molecule has 1 fully saturated rings. The van der Waals surface area contributed by atoms with Crippen LogP contribution in [0.15, 0.2) is 83.8 Å². The molecular weight excluding hydrogens is 538 g/mol. The largest absolute Gasteiger partial charge is 0.497 e.